The molecule has 0 N–H and O–H groups in total. The van der Waals surface area contributed by atoms with Crippen LogP contribution in [0.25, 0.3) is 0 Å². The zero-order chi connectivity index (χ0) is 18.9. The number of hydrogen-bond donors (Lipinski definition) is 0. The molecule has 2 fully saturated rings. The highest BCUT2D eigenvalue weighted by Gasteiger charge is 2.32. The van der Waals surface area contributed by atoms with Gasteiger partial charge in [0.05, 0.1) is 19.8 Å². The van der Waals surface area contributed by atoms with Gasteiger partial charge in [-0.3, -0.25) is 9.80 Å². The van der Waals surface area contributed by atoms with E-state index < -0.39 is 0 Å². The molecule has 0 unspecified atom stereocenters. The van der Waals surface area contributed by atoms with Gasteiger partial charge in [0.1, 0.15) is 11.6 Å². The summed E-state index contributed by atoms with van der Waals surface area (Å²) in [6.07, 6.45) is 4.87. The van der Waals surface area contributed by atoms with Crippen LogP contribution in [0.4, 0.5) is 0 Å². The molecule has 6 nitrogen and oxygen atoms in total. The van der Waals surface area contributed by atoms with Gasteiger partial charge in [0.25, 0.3) is 0 Å². The van der Waals surface area contributed by atoms with Gasteiger partial charge in [-0.25, -0.2) is 0 Å². The Morgan fingerprint density at radius 2 is 1.79 bits per heavy atom. The van der Waals surface area contributed by atoms with Crippen LogP contribution < -0.4 is 0 Å². The molecule has 3 heterocycles. The highest BCUT2D eigenvalue weighted by atomic mass is 16.5. The van der Waals surface area contributed by atoms with Crippen molar-refractivity contribution in [2.24, 2.45) is 7.05 Å². The first-order valence-electron chi connectivity index (χ1n) is 10.8. The predicted octanol–water partition coefficient (Wildman–Crippen LogP) is 1.99. The van der Waals surface area contributed by atoms with Gasteiger partial charge in [0.15, 0.2) is 0 Å². The fourth-order valence-electron chi connectivity index (χ4n) is 5.17. The number of benzene rings is 1. The number of morpholine rings is 1. The molecule has 6 heteroatoms. The van der Waals surface area contributed by atoms with Gasteiger partial charge in [0.2, 0.25) is 0 Å². The van der Waals surface area contributed by atoms with Gasteiger partial charge in [0, 0.05) is 38.6 Å². The van der Waals surface area contributed by atoms with E-state index in [4.69, 9.17) is 4.74 Å². The van der Waals surface area contributed by atoms with E-state index in [0.29, 0.717) is 12.0 Å². The molecule has 1 aromatic carbocycles. The summed E-state index contributed by atoms with van der Waals surface area (Å²) in [6, 6.07) is 9.61. The van der Waals surface area contributed by atoms with E-state index in [0.717, 1.165) is 45.2 Å². The largest absolute Gasteiger partial charge is 0.379 e. The Kier molecular flexibility index (Phi) is 5.18. The Hall–Kier alpha value is -1.76. The lowest BCUT2D eigenvalue weighted by Gasteiger charge is -2.36. The second-order valence-electron chi connectivity index (χ2n) is 8.59. The molecule has 2 aromatic rings. The van der Waals surface area contributed by atoms with Crippen molar-refractivity contribution in [2.75, 3.05) is 39.4 Å². The molecule has 5 rings (SSSR count). The highest BCUT2D eigenvalue weighted by Crippen LogP contribution is 2.32. The maximum absolute atomic E-state index is 5.46. The topological polar surface area (TPSA) is 46.4 Å². The zero-order valence-electron chi connectivity index (χ0n) is 16.9. The lowest BCUT2D eigenvalue weighted by Crippen LogP contribution is -2.43. The summed E-state index contributed by atoms with van der Waals surface area (Å²) in [5.41, 5.74) is 3.09. The maximum Gasteiger partial charge on any atom is 0.146 e. The molecule has 1 aliphatic carbocycles. The van der Waals surface area contributed by atoms with Crippen LogP contribution in [0, 0.1) is 0 Å². The zero-order valence-corrected chi connectivity index (χ0v) is 16.9. The van der Waals surface area contributed by atoms with Crippen molar-refractivity contribution < 1.29 is 4.74 Å². The second-order valence-corrected chi connectivity index (χ2v) is 8.59. The molecule has 3 aliphatic rings. The number of ether oxygens (including phenoxy) is 1. The molecule has 0 saturated carbocycles. The van der Waals surface area contributed by atoms with E-state index in [9.17, 15) is 0 Å². The van der Waals surface area contributed by atoms with Crippen LogP contribution in [-0.2, 0) is 31.2 Å². The number of likely N-dealkylation sites (tertiary alicyclic amines) is 1. The van der Waals surface area contributed by atoms with Crippen LogP contribution >= 0.6 is 0 Å². The van der Waals surface area contributed by atoms with Crippen molar-refractivity contribution in [2.45, 2.75) is 44.2 Å². The number of hydrogen-bond acceptors (Lipinski definition) is 5. The molecule has 0 amide bonds. The number of fused-ring (bicyclic) bond motifs is 1. The lowest BCUT2D eigenvalue weighted by molar-refractivity contribution is 0.0326. The summed E-state index contributed by atoms with van der Waals surface area (Å²) in [5.74, 6) is 2.75. The van der Waals surface area contributed by atoms with Crippen LogP contribution in [0.5, 0.6) is 0 Å². The van der Waals surface area contributed by atoms with E-state index in [1.807, 2.05) is 0 Å². The number of rotatable bonds is 4. The van der Waals surface area contributed by atoms with Crippen molar-refractivity contribution >= 4 is 0 Å². The Morgan fingerprint density at radius 3 is 2.54 bits per heavy atom. The van der Waals surface area contributed by atoms with Crippen LogP contribution in [0.2, 0.25) is 0 Å². The van der Waals surface area contributed by atoms with Crippen LogP contribution in [0.1, 0.15) is 41.5 Å². The summed E-state index contributed by atoms with van der Waals surface area (Å²) in [5, 5.41) is 9.19. The van der Waals surface area contributed by atoms with Crippen molar-refractivity contribution in [1.82, 2.24) is 24.6 Å². The quantitative estimate of drug-likeness (QED) is 0.811. The smallest absolute Gasteiger partial charge is 0.146 e. The molecule has 1 aromatic heterocycles. The van der Waals surface area contributed by atoms with Gasteiger partial charge in [-0.1, -0.05) is 24.3 Å². The van der Waals surface area contributed by atoms with Crippen molar-refractivity contribution in [3.63, 3.8) is 0 Å². The molecule has 0 spiro atoms. The lowest BCUT2D eigenvalue weighted by atomic mass is 9.95. The summed E-state index contributed by atoms with van der Waals surface area (Å²) >= 11 is 0. The van der Waals surface area contributed by atoms with Crippen molar-refractivity contribution in [3.05, 3.63) is 47.0 Å². The minimum atomic E-state index is 0.494. The molecule has 0 radical (unpaired) electrons. The normalized spacial score (nSPS) is 24.5. The average Bonchev–Trinajstić information content (AvgIpc) is 3.33. The molecule has 2 aliphatic heterocycles. The SMILES string of the molecule is Cn1c(CN2CCOCC2)nnc1[C@H]1CCCN(C2Cc3ccccc3C2)C1. The number of piperidine rings is 1. The first-order valence-corrected chi connectivity index (χ1v) is 10.8. The summed E-state index contributed by atoms with van der Waals surface area (Å²) in [6.45, 7) is 6.83. The van der Waals surface area contributed by atoms with Crippen molar-refractivity contribution in [1.29, 1.82) is 0 Å². The van der Waals surface area contributed by atoms with Crippen LogP contribution in [0.15, 0.2) is 24.3 Å². The summed E-state index contributed by atoms with van der Waals surface area (Å²) in [4.78, 5) is 5.13. The molecule has 28 heavy (non-hydrogen) atoms. The minimum Gasteiger partial charge on any atom is -0.379 e. The van der Waals surface area contributed by atoms with E-state index in [1.54, 1.807) is 11.1 Å². The van der Waals surface area contributed by atoms with E-state index in [2.05, 4.69) is 55.9 Å². The Morgan fingerprint density at radius 1 is 1.04 bits per heavy atom. The predicted molar refractivity (Wildman–Crippen MR) is 108 cm³/mol. The van der Waals surface area contributed by atoms with Crippen molar-refractivity contribution in [3.8, 4) is 0 Å². The first kappa shape index (κ1) is 18.3. The third kappa shape index (κ3) is 3.61. The van der Waals surface area contributed by atoms with E-state index in [1.165, 1.54) is 38.1 Å². The van der Waals surface area contributed by atoms with Gasteiger partial charge in [-0.15, -0.1) is 10.2 Å². The number of aromatic nitrogens is 3. The first-order chi connectivity index (χ1) is 13.8. The van der Waals surface area contributed by atoms with E-state index in [-0.39, 0.29) is 0 Å². The second kappa shape index (κ2) is 7.93. The molecule has 1 atom stereocenters. The third-order valence-corrected chi connectivity index (χ3v) is 6.83. The maximum atomic E-state index is 5.46. The average molecular weight is 382 g/mol. The number of nitrogens with zero attached hydrogens (tertiary/aromatic N) is 5. The molecule has 150 valence electrons. The monoisotopic (exact) mass is 381 g/mol. The minimum absolute atomic E-state index is 0.494. The molecular weight excluding hydrogens is 350 g/mol. The summed E-state index contributed by atoms with van der Waals surface area (Å²) < 4.78 is 7.72. The summed E-state index contributed by atoms with van der Waals surface area (Å²) in [7, 11) is 2.15. The van der Waals surface area contributed by atoms with Gasteiger partial charge in [-0.2, -0.15) is 0 Å². The van der Waals surface area contributed by atoms with Gasteiger partial charge in [-0.05, 0) is 43.4 Å². The van der Waals surface area contributed by atoms with Crippen LogP contribution in [0.3, 0.4) is 0 Å². The molecule has 0 bridgehead atoms. The Balaban J connectivity index is 1.25. The van der Waals surface area contributed by atoms with E-state index >= 15 is 0 Å². The standard InChI is InChI=1S/C22H31N5O/c1-25-21(16-26-9-11-28-12-10-26)23-24-22(25)19-7-4-8-27(15-19)20-13-17-5-2-3-6-18(17)14-20/h2-3,5-6,19-20H,4,7-16H2,1H3/t19-/m0/s1. The van der Waals surface area contributed by atoms with Gasteiger partial charge >= 0.3 is 0 Å². The Labute approximate surface area is 167 Å². The molecule has 2 saturated heterocycles. The molecular formula is C22H31N5O. The van der Waals surface area contributed by atoms with Gasteiger partial charge < -0.3 is 9.30 Å². The third-order valence-electron chi connectivity index (χ3n) is 6.83. The Bertz CT molecular complexity index is 788. The van der Waals surface area contributed by atoms with Crippen LogP contribution in [-0.4, -0.2) is 70.0 Å². The highest BCUT2D eigenvalue weighted by molar-refractivity contribution is 5.33. The fraction of sp³-hybridized carbons (Fsp3) is 0.636. The fourth-order valence-corrected chi connectivity index (χ4v) is 5.17.